The molecule has 3 N–H and O–H groups in total. The molecule has 0 atom stereocenters. The zero-order chi connectivity index (χ0) is 22.6. The van der Waals surface area contributed by atoms with Crippen LogP contribution in [0, 0.1) is 0 Å². The van der Waals surface area contributed by atoms with Crippen molar-refractivity contribution in [3.05, 3.63) is 82.7 Å². The number of sulfonamides is 1. The monoisotopic (exact) mass is 469 g/mol. The molecule has 1 aromatic heterocycles. The third-order valence-corrected chi connectivity index (χ3v) is 7.73. The predicted molar refractivity (Wildman–Crippen MR) is 124 cm³/mol. The Morgan fingerprint density at radius 3 is 2.25 bits per heavy atom. The minimum absolute atomic E-state index is 0.0655. The topological polar surface area (TPSA) is 104 Å². The average Bonchev–Trinajstić information content (AvgIpc) is 3.40. The van der Waals surface area contributed by atoms with Crippen LogP contribution in [0.15, 0.2) is 70.3 Å². The van der Waals surface area contributed by atoms with E-state index < -0.39 is 10.0 Å². The van der Waals surface area contributed by atoms with E-state index in [2.05, 4.69) is 15.4 Å². The van der Waals surface area contributed by atoms with Gasteiger partial charge in [-0.15, -0.1) is 11.3 Å². The van der Waals surface area contributed by atoms with Gasteiger partial charge in [-0.05, 0) is 59.7 Å². The molecule has 2 aromatic carbocycles. The van der Waals surface area contributed by atoms with Gasteiger partial charge in [0.2, 0.25) is 5.91 Å². The SMILES string of the molecule is O=C(Cc1ccc(NS(=O)(=O)c2cccs2)cc1)NCc1ccc(C(=O)NC2CC2)cc1. The first-order chi connectivity index (χ1) is 15.4. The molecule has 1 fully saturated rings. The maximum absolute atomic E-state index is 12.3. The number of anilines is 1. The Bertz CT molecular complexity index is 1190. The first-order valence-corrected chi connectivity index (χ1v) is 12.6. The van der Waals surface area contributed by atoms with Gasteiger partial charge in [-0.2, -0.15) is 0 Å². The molecule has 9 heteroatoms. The van der Waals surface area contributed by atoms with Crippen LogP contribution in [0.2, 0.25) is 0 Å². The summed E-state index contributed by atoms with van der Waals surface area (Å²) in [5, 5.41) is 7.51. The Kier molecular flexibility index (Phi) is 6.57. The minimum atomic E-state index is -3.59. The average molecular weight is 470 g/mol. The van der Waals surface area contributed by atoms with Gasteiger partial charge in [0.05, 0.1) is 6.42 Å². The highest BCUT2D eigenvalue weighted by Gasteiger charge is 2.23. The first kappa shape index (κ1) is 22.0. The van der Waals surface area contributed by atoms with E-state index in [9.17, 15) is 18.0 Å². The fourth-order valence-corrected chi connectivity index (χ4v) is 5.08. The molecule has 2 amide bonds. The van der Waals surface area contributed by atoms with Gasteiger partial charge < -0.3 is 10.6 Å². The van der Waals surface area contributed by atoms with Crippen LogP contribution in [0.5, 0.6) is 0 Å². The van der Waals surface area contributed by atoms with Gasteiger partial charge in [0.1, 0.15) is 4.21 Å². The highest BCUT2D eigenvalue weighted by Crippen LogP contribution is 2.21. The number of nitrogens with one attached hydrogen (secondary N) is 3. The van der Waals surface area contributed by atoms with Crippen molar-refractivity contribution in [2.45, 2.75) is 36.1 Å². The molecule has 1 aliphatic rings. The summed E-state index contributed by atoms with van der Waals surface area (Å²) in [7, 11) is -3.59. The summed E-state index contributed by atoms with van der Waals surface area (Å²) in [4.78, 5) is 24.3. The maximum Gasteiger partial charge on any atom is 0.271 e. The van der Waals surface area contributed by atoms with Gasteiger partial charge in [0, 0.05) is 23.8 Å². The Labute approximate surface area is 190 Å². The van der Waals surface area contributed by atoms with Crippen molar-refractivity contribution in [2.75, 3.05) is 4.72 Å². The van der Waals surface area contributed by atoms with Crippen molar-refractivity contribution in [1.29, 1.82) is 0 Å². The Morgan fingerprint density at radius 1 is 0.938 bits per heavy atom. The molecular formula is C23H23N3O4S2. The molecule has 7 nitrogen and oxygen atoms in total. The molecule has 0 radical (unpaired) electrons. The highest BCUT2D eigenvalue weighted by atomic mass is 32.2. The third kappa shape index (κ3) is 5.95. The van der Waals surface area contributed by atoms with Crippen molar-refractivity contribution in [1.82, 2.24) is 10.6 Å². The van der Waals surface area contributed by atoms with Gasteiger partial charge in [0.25, 0.3) is 15.9 Å². The van der Waals surface area contributed by atoms with Gasteiger partial charge in [-0.1, -0.05) is 30.3 Å². The minimum Gasteiger partial charge on any atom is -0.352 e. The summed E-state index contributed by atoms with van der Waals surface area (Å²) in [5.41, 5.74) is 2.73. The van der Waals surface area contributed by atoms with Crippen LogP contribution in [-0.4, -0.2) is 26.3 Å². The zero-order valence-corrected chi connectivity index (χ0v) is 18.8. The molecule has 1 saturated carbocycles. The number of carbonyl (C=O) groups excluding carboxylic acids is 2. The molecule has 0 spiro atoms. The van der Waals surface area contributed by atoms with Crippen LogP contribution in [0.4, 0.5) is 5.69 Å². The van der Waals surface area contributed by atoms with Crippen LogP contribution in [0.25, 0.3) is 0 Å². The van der Waals surface area contributed by atoms with Gasteiger partial charge in [0.15, 0.2) is 0 Å². The second kappa shape index (κ2) is 9.54. The summed E-state index contributed by atoms with van der Waals surface area (Å²) in [5.74, 6) is -0.211. The molecule has 0 saturated heterocycles. The molecular weight excluding hydrogens is 446 g/mol. The zero-order valence-electron chi connectivity index (χ0n) is 17.2. The van der Waals surface area contributed by atoms with E-state index in [0.717, 1.165) is 35.3 Å². The molecule has 32 heavy (non-hydrogen) atoms. The lowest BCUT2D eigenvalue weighted by atomic mass is 10.1. The van der Waals surface area contributed by atoms with Crippen LogP contribution < -0.4 is 15.4 Å². The molecule has 0 bridgehead atoms. The maximum atomic E-state index is 12.3. The van der Waals surface area contributed by atoms with E-state index in [-0.39, 0.29) is 22.4 Å². The predicted octanol–water partition coefficient (Wildman–Crippen LogP) is 3.30. The fraction of sp³-hybridized carbons (Fsp3) is 0.217. The van der Waals surface area contributed by atoms with Gasteiger partial charge in [-0.3, -0.25) is 14.3 Å². The second-order valence-electron chi connectivity index (χ2n) is 7.63. The number of hydrogen-bond acceptors (Lipinski definition) is 5. The number of hydrogen-bond donors (Lipinski definition) is 3. The Morgan fingerprint density at radius 2 is 1.62 bits per heavy atom. The van der Waals surface area contributed by atoms with Crippen LogP contribution in [0.1, 0.15) is 34.3 Å². The molecule has 0 aliphatic heterocycles. The van der Waals surface area contributed by atoms with Gasteiger partial charge >= 0.3 is 0 Å². The largest absolute Gasteiger partial charge is 0.352 e. The van der Waals surface area contributed by atoms with E-state index in [0.29, 0.717) is 23.8 Å². The van der Waals surface area contributed by atoms with E-state index in [1.807, 2.05) is 12.1 Å². The van der Waals surface area contributed by atoms with E-state index in [4.69, 9.17) is 0 Å². The summed E-state index contributed by atoms with van der Waals surface area (Å²) in [6.45, 7) is 0.363. The summed E-state index contributed by atoms with van der Waals surface area (Å²) >= 11 is 1.15. The number of thiophene rings is 1. The lowest BCUT2D eigenvalue weighted by Crippen LogP contribution is -2.26. The lowest BCUT2D eigenvalue weighted by molar-refractivity contribution is -0.120. The molecule has 3 aromatic rings. The summed E-state index contributed by atoms with van der Waals surface area (Å²) < 4.78 is 27.3. The normalized spacial score (nSPS) is 13.4. The second-order valence-corrected chi connectivity index (χ2v) is 10.5. The first-order valence-electron chi connectivity index (χ1n) is 10.2. The highest BCUT2D eigenvalue weighted by molar-refractivity contribution is 7.94. The quantitative estimate of drug-likeness (QED) is 0.447. The van der Waals surface area contributed by atoms with E-state index >= 15 is 0 Å². The molecule has 0 unspecified atom stereocenters. The lowest BCUT2D eigenvalue weighted by Gasteiger charge is -2.09. The fourth-order valence-electron chi connectivity index (χ4n) is 3.03. The smallest absolute Gasteiger partial charge is 0.271 e. The van der Waals surface area contributed by atoms with E-state index in [1.54, 1.807) is 53.9 Å². The number of carbonyl (C=O) groups is 2. The molecule has 166 valence electrons. The molecule has 1 heterocycles. The van der Waals surface area contributed by atoms with Crippen molar-refractivity contribution in [2.24, 2.45) is 0 Å². The van der Waals surface area contributed by atoms with E-state index in [1.165, 1.54) is 0 Å². The summed E-state index contributed by atoms with van der Waals surface area (Å²) in [6.07, 6.45) is 2.27. The van der Waals surface area contributed by atoms with Crippen molar-refractivity contribution in [3.63, 3.8) is 0 Å². The van der Waals surface area contributed by atoms with Crippen molar-refractivity contribution >= 4 is 38.9 Å². The van der Waals surface area contributed by atoms with Crippen molar-refractivity contribution in [3.8, 4) is 0 Å². The Hall–Kier alpha value is -3.17. The van der Waals surface area contributed by atoms with Crippen LogP contribution >= 0.6 is 11.3 Å². The number of amides is 2. The third-order valence-electron chi connectivity index (χ3n) is 4.95. The number of rotatable bonds is 9. The summed E-state index contributed by atoms with van der Waals surface area (Å²) in [6, 6.07) is 17.4. The standard InChI is InChI=1S/C23H23N3O4S2/c27-21(24-15-17-3-7-18(8-4-17)23(28)25-19-11-12-19)14-16-5-9-20(10-6-16)26-32(29,30)22-2-1-13-31-22/h1-10,13,19,26H,11-12,14-15H2,(H,24,27)(H,25,28). The van der Waals surface area contributed by atoms with Crippen molar-refractivity contribution < 1.29 is 18.0 Å². The number of benzene rings is 2. The Balaban J connectivity index is 1.25. The van der Waals surface area contributed by atoms with Crippen LogP contribution in [0.3, 0.4) is 0 Å². The van der Waals surface area contributed by atoms with Gasteiger partial charge in [-0.25, -0.2) is 8.42 Å². The molecule has 1 aliphatic carbocycles. The van der Waals surface area contributed by atoms with Crippen LogP contribution in [-0.2, 0) is 27.8 Å². The molecule has 4 rings (SSSR count).